The quantitative estimate of drug-likeness (QED) is 0.644. The van der Waals surface area contributed by atoms with Crippen molar-refractivity contribution < 1.29 is 9.59 Å². The number of likely N-dealkylation sites (tertiary alicyclic amines) is 1. The topological polar surface area (TPSA) is 90.1 Å². The maximum absolute atomic E-state index is 13.8. The first-order chi connectivity index (χ1) is 15.6. The molecule has 7 heteroatoms. The molecule has 2 aromatic rings. The van der Waals surface area contributed by atoms with Gasteiger partial charge in [0.15, 0.2) is 0 Å². The minimum Gasteiger partial charge on any atom is -0.382 e. The molecular weight excluding hydrogens is 402 g/mol. The van der Waals surface area contributed by atoms with Crippen LogP contribution in [0.5, 0.6) is 0 Å². The largest absolute Gasteiger partial charge is 0.382 e. The number of hydrogen-bond donors (Lipinski definition) is 3. The van der Waals surface area contributed by atoms with Gasteiger partial charge in [-0.15, -0.1) is 0 Å². The van der Waals surface area contributed by atoms with Gasteiger partial charge in [0.2, 0.25) is 11.8 Å². The number of carbonyl (C=O) groups is 2. The number of para-hydroxylation sites is 1. The van der Waals surface area contributed by atoms with Crippen LogP contribution in [0.1, 0.15) is 56.5 Å². The second-order valence-electron chi connectivity index (χ2n) is 9.26. The van der Waals surface area contributed by atoms with Crippen LogP contribution in [0.2, 0.25) is 0 Å². The van der Waals surface area contributed by atoms with E-state index in [1.54, 1.807) is 18.5 Å². The van der Waals surface area contributed by atoms with Crippen molar-refractivity contribution in [3.8, 4) is 0 Å². The fourth-order valence-electron chi connectivity index (χ4n) is 5.79. The van der Waals surface area contributed by atoms with E-state index in [9.17, 15) is 9.59 Å². The smallest absolute Gasteiger partial charge is 0.244 e. The lowest BCUT2D eigenvalue weighted by atomic mass is 9.81. The third-order valence-corrected chi connectivity index (χ3v) is 7.36. The molecule has 3 heterocycles. The summed E-state index contributed by atoms with van der Waals surface area (Å²) in [5, 5.41) is 6.73. The second-order valence-corrected chi connectivity index (χ2v) is 9.26. The molecule has 5 atom stereocenters. The van der Waals surface area contributed by atoms with Crippen molar-refractivity contribution in [2.45, 2.75) is 57.2 Å². The summed E-state index contributed by atoms with van der Waals surface area (Å²) in [6.07, 6.45) is 11.3. The first kappa shape index (κ1) is 20.8. The molecule has 2 aliphatic heterocycles. The normalized spacial score (nSPS) is 29.3. The van der Waals surface area contributed by atoms with Gasteiger partial charge < -0.3 is 20.5 Å². The molecule has 1 aliphatic carbocycles. The number of H-pyrrole nitrogens is 1. The molecule has 5 rings (SSSR count). The highest BCUT2D eigenvalue weighted by Gasteiger charge is 2.46. The molecule has 1 saturated carbocycles. The van der Waals surface area contributed by atoms with Crippen LogP contribution in [0.25, 0.3) is 6.08 Å². The minimum absolute atomic E-state index is 0.118. The summed E-state index contributed by atoms with van der Waals surface area (Å²) in [4.78, 5) is 35.6. The first-order valence-electron chi connectivity index (χ1n) is 11.8. The molecule has 2 amide bonds. The van der Waals surface area contributed by atoms with Gasteiger partial charge in [0.05, 0.1) is 12.0 Å². The molecule has 0 bridgehead atoms. The summed E-state index contributed by atoms with van der Waals surface area (Å²) in [6, 6.07) is 8.69. The molecule has 0 unspecified atom stereocenters. The highest BCUT2D eigenvalue weighted by molar-refractivity contribution is 5.92. The fraction of sp³-hybridized carbons (Fsp3) is 0.480. The van der Waals surface area contributed by atoms with E-state index in [2.05, 4.69) is 50.6 Å². The molecule has 7 nitrogen and oxygen atoms in total. The van der Waals surface area contributed by atoms with Crippen LogP contribution in [0.4, 0.5) is 5.69 Å². The standard InChI is InChI=1S/C25H31N5O2/c1-16-17-12-15-30(24(17)18-6-2-4-8-20(18)28-16)25(32)19-7-3-5-9-21(19)29-23(31)11-10-22-26-13-14-27-22/h2,4,6,8,10-11,13-14,16-17,19,21,24,28H,3,5,7,9,12,15H2,1H3,(H,26,27)(H,29,31)/b11-10+/t16-,17+,19-,21+,24+/m0/s1. The molecule has 1 aromatic carbocycles. The summed E-state index contributed by atoms with van der Waals surface area (Å²) in [5.41, 5.74) is 2.36. The third kappa shape index (κ3) is 3.92. The predicted octanol–water partition coefficient (Wildman–Crippen LogP) is 3.50. The van der Waals surface area contributed by atoms with Gasteiger partial charge in [-0.3, -0.25) is 9.59 Å². The van der Waals surface area contributed by atoms with Gasteiger partial charge in [-0.2, -0.15) is 0 Å². The zero-order valence-electron chi connectivity index (χ0n) is 18.5. The Hall–Kier alpha value is -3.09. The predicted molar refractivity (Wildman–Crippen MR) is 124 cm³/mol. The lowest BCUT2D eigenvalue weighted by molar-refractivity contribution is -0.139. The van der Waals surface area contributed by atoms with Crippen LogP contribution in [0, 0.1) is 11.8 Å². The number of anilines is 1. The van der Waals surface area contributed by atoms with Crippen molar-refractivity contribution in [3.63, 3.8) is 0 Å². The zero-order chi connectivity index (χ0) is 22.1. The van der Waals surface area contributed by atoms with Crippen molar-refractivity contribution in [1.29, 1.82) is 0 Å². The Bertz CT molecular complexity index is 1000. The van der Waals surface area contributed by atoms with E-state index in [0.29, 0.717) is 17.8 Å². The Labute approximate surface area is 188 Å². The Balaban J connectivity index is 1.33. The molecule has 2 fully saturated rings. The van der Waals surface area contributed by atoms with E-state index in [0.717, 1.165) is 44.3 Å². The monoisotopic (exact) mass is 433 g/mol. The maximum Gasteiger partial charge on any atom is 0.244 e. The van der Waals surface area contributed by atoms with Crippen LogP contribution in [-0.4, -0.2) is 45.3 Å². The van der Waals surface area contributed by atoms with Crippen molar-refractivity contribution >= 4 is 23.6 Å². The van der Waals surface area contributed by atoms with Gasteiger partial charge in [-0.05, 0) is 43.9 Å². The first-order valence-corrected chi connectivity index (χ1v) is 11.8. The van der Waals surface area contributed by atoms with Crippen LogP contribution >= 0.6 is 0 Å². The molecular formula is C25H31N5O2. The number of rotatable bonds is 4. The van der Waals surface area contributed by atoms with Gasteiger partial charge in [0, 0.05) is 48.7 Å². The number of nitrogens with zero attached hydrogens (tertiary/aromatic N) is 2. The second kappa shape index (κ2) is 8.81. The van der Waals surface area contributed by atoms with Crippen molar-refractivity contribution in [1.82, 2.24) is 20.2 Å². The number of aromatic nitrogens is 2. The molecule has 3 N–H and O–H groups in total. The van der Waals surface area contributed by atoms with Crippen molar-refractivity contribution in [2.24, 2.45) is 11.8 Å². The number of imidazole rings is 1. The van der Waals surface area contributed by atoms with Crippen molar-refractivity contribution in [2.75, 3.05) is 11.9 Å². The summed E-state index contributed by atoms with van der Waals surface area (Å²) < 4.78 is 0. The number of nitrogens with one attached hydrogen (secondary N) is 3. The summed E-state index contributed by atoms with van der Waals surface area (Å²) in [6.45, 7) is 3.00. The van der Waals surface area contributed by atoms with Crippen LogP contribution in [-0.2, 0) is 9.59 Å². The number of amides is 2. The number of carbonyl (C=O) groups excluding carboxylic acids is 2. The zero-order valence-corrected chi connectivity index (χ0v) is 18.5. The molecule has 168 valence electrons. The Kier molecular flexibility index (Phi) is 5.72. The minimum atomic E-state index is -0.175. The van der Waals surface area contributed by atoms with Gasteiger partial charge in [-0.25, -0.2) is 4.98 Å². The van der Waals surface area contributed by atoms with Crippen LogP contribution < -0.4 is 10.6 Å². The van der Waals surface area contributed by atoms with E-state index in [-0.39, 0.29) is 29.8 Å². The number of aromatic amines is 1. The van der Waals surface area contributed by atoms with Crippen molar-refractivity contribution in [3.05, 3.63) is 54.1 Å². The van der Waals surface area contributed by atoms with E-state index >= 15 is 0 Å². The molecule has 0 radical (unpaired) electrons. The van der Waals surface area contributed by atoms with Gasteiger partial charge in [0.1, 0.15) is 5.82 Å². The maximum atomic E-state index is 13.8. The Morgan fingerprint density at radius 3 is 2.88 bits per heavy atom. The van der Waals surface area contributed by atoms with E-state index in [1.807, 2.05) is 6.07 Å². The average Bonchev–Trinajstić information content (AvgIpc) is 3.48. The molecule has 1 saturated heterocycles. The Morgan fingerprint density at radius 2 is 2.03 bits per heavy atom. The molecule has 0 spiro atoms. The van der Waals surface area contributed by atoms with Crippen LogP contribution in [0.3, 0.4) is 0 Å². The molecule has 3 aliphatic rings. The van der Waals surface area contributed by atoms with E-state index in [1.165, 1.54) is 11.6 Å². The highest BCUT2D eigenvalue weighted by Crippen LogP contribution is 2.47. The summed E-state index contributed by atoms with van der Waals surface area (Å²) in [7, 11) is 0. The number of hydrogen-bond acceptors (Lipinski definition) is 4. The van der Waals surface area contributed by atoms with E-state index < -0.39 is 0 Å². The lowest BCUT2D eigenvalue weighted by Crippen LogP contribution is -2.50. The SMILES string of the molecule is C[C@@H]1Nc2ccccc2[C@H]2[C@@H]1CCN2C(=O)[C@H]1CCCC[C@H]1NC(=O)/C=C/c1ncc[nH]1. The summed E-state index contributed by atoms with van der Waals surface area (Å²) in [5.74, 6) is 0.911. The lowest BCUT2D eigenvalue weighted by Gasteiger charge is -2.41. The number of fused-ring (bicyclic) bond motifs is 3. The van der Waals surface area contributed by atoms with Gasteiger partial charge >= 0.3 is 0 Å². The highest BCUT2D eigenvalue weighted by atomic mass is 16.2. The number of benzene rings is 1. The van der Waals surface area contributed by atoms with E-state index in [4.69, 9.17) is 0 Å². The Morgan fingerprint density at radius 1 is 1.19 bits per heavy atom. The van der Waals surface area contributed by atoms with Gasteiger partial charge in [0.25, 0.3) is 0 Å². The van der Waals surface area contributed by atoms with Gasteiger partial charge in [-0.1, -0.05) is 31.0 Å². The average molecular weight is 434 g/mol. The fourth-order valence-corrected chi connectivity index (χ4v) is 5.79. The summed E-state index contributed by atoms with van der Waals surface area (Å²) >= 11 is 0. The van der Waals surface area contributed by atoms with Crippen LogP contribution in [0.15, 0.2) is 42.7 Å². The third-order valence-electron chi connectivity index (χ3n) is 7.36. The molecule has 1 aromatic heterocycles. The molecule has 32 heavy (non-hydrogen) atoms.